The van der Waals surface area contributed by atoms with Crippen LogP contribution in [-0.2, 0) is 16.0 Å². The Kier molecular flexibility index (Phi) is 7.46. The van der Waals surface area contributed by atoms with Gasteiger partial charge in [0, 0.05) is 43.6 Å². The number of nitrogens with zero attached hydrogens (tertiary/aromatic N) is 2. The van der Waals surface area contributed by atoms with Gasteiger partial charge in [-0.05, 0) is 18.1 Å². The molecule has 130 valence electrons. The zero-order chi connectivity index (χ0) is 17.4. The van der Waals surface area contributed by atoms with E-state index in [1.165, 1.54) is 0 Å². The molecule has 0 aliphatic carbocycles. The van der Waals surface area contributed by atoms with E-state index in [0.717, 1.165) is 29.5 Å². The number of nitrogens with one attached hydrogen (secondary N) is 1. The molecule has 0 spiro atoms. The van der Waals surface area contributed by atoms with Crippen molar-refractivity contribution < 1.29 is 9.59 Å². The summed E-state index contributed by atoms with van der Waals surface area (Å²) in [6.07, 6.45) is 2.92. The predicted molar refractivity (Wildman–Crippen MR) is 98.7 cm³/mol. The predicted octanol–water partition coefficient (Wildman–Crippen LogP) is 1.83. The first-order chi connectivity index (χ1) is 11.6. The highest BCUT2D eigenvalue weighted by Crippen LogP contribution is 2.18. The van der Waals surface area contributed by atoms with Crippen molar-refractivity contribution in [2.45, 2.75) is 12.8 Å². The highest BCUT2D eigenvalue weighted by atomic mass is 79.9. The molecule has 0 atom stereocenters. The summed E-state index contributed by atoms with van der Waals surface area (Å²) in [7, 11) is 0. The highest BCUT2D eigenvalue weighted by Gasteiger charge is 2.22. The highest BCUT2D eigenvalue weighted by molar-refractivity contribution is 9.10. The van der Waals surface area contributed by atoms with Crippen LogP contribution in [0, 0.1) is 0 Å². The number of carbonyl (C=O) groups excluding carboxylic acids is 2. The maximum atomic E-state index is 12.4. The van der Waals surface area contributed by atoms with Gasteiger partial charge in [0.25, 0.3) is 0 Å². The third-order valence-corrected chi connectivity index (χ3v) is 4.88. The average Bonchev–Trinajstić information content (AvgIpc) is 2.59. The topological polar surface area (TPSA) is 52.7 Å². The Balaban J connectivity index is 1.71. The number of carbonyl (C=O) groups is 2. The van der Waals surface area contributed by atoms with Gasteiger partial charge in [-0.25, -0.2) is 0 Å². The Morgan fingerprint density at radius 3 is 2.58 bits per heavy atom. The first kappa shape index (κ1) is 18.7. The molecule has 0 bridgehead atoms. The average molecular weight is 394 g/mol. The third kappa shape index (κ3) is 5.76. The van der Waals surface area contributed by atoms with Crippen LogP contribution in [-0.4, -0.2) is 60.9 Å². The normalized spacial score (nSPS) is 15.1. The SMILES string of the molecule is C=CCNC(=O)CN1CCN(C(=O)CCc2ccccc2Br)CC1. The third-order valence-electron chi connectivity index (χ3n) is 4.10. The van der Waals surface area contributed by atoms with E-state index in [0.29, 0.717) is 32.6 Å². The quantitative estimate of drug-likeness (QED) is 0.718. The summed E-state index contributed by atoms with van der Waals surface area (Å²) >= 11 is 3.52. The Labute approximate surface area is 151 Å². The maximum absolute atomic E-state index is 12.4. The van der Waals surface area contributed by atoms with Crippen molar-refractivity contribution in [1.82, 2.24) is 15.1 Å². The van der Waals surface area contributed by atoms with E-state index >= 15 is 0 Å². The van der Waals surface area contributed by atoms with E-state index in [9.17, 15) is 9.59 Å². The molecule has 24 heavy (non-hydrogen) atoms. The number of aryl methyl sites for hydroxylation is 1. The fourth-order valence-electron chi connectivity index (χ4n) is 2.70. The first-order valence-corrected chi connectivity index (χ1v) is 9.00. The molecular weight excluding hydrogens is 370 g/mol. The van der Waals surface area contributed by atoms with Crippen LogP contribution >= 0.6 is 15.9 Å². The van der Waals surface area contributed by atoms with E-state index in [1.807, 2.05) is 29.2 Å². The van der Waals surface area contributed by atoms with Gasteiger partial charge in [0.2, 0.25) is 11.8 Å². The van der Waals surface area contributed by atoms with Crippen LogP contribution < -0.4 is 5.32 Å². The van der Waals surface area contributed by atoms with E-state index in [2.05, 4.69) is 32.7 Å². The number of rotatable bonds is 7. The molecule has 0 radical (unpaired) electrons. The smallest absolute Gasteiger partial charge is 0.234 e. The molecule has 2 amide bonds. The summed E-state index contributed by atoms with van der Waals surface area (Å²) in [6.45, 7) is 7.30. The van der Waals surface area contributed by atoms with Crippen LogP contribution in [0.2, 0.25) is 0 Å². The van der Waals surface area contributed by atoms with Gasteiger partial charge in [-0.3, -0.25) is 14.5 Å². The van der Waals surface area contributed by atoms with Gasteiger partial charge >= 0.3 is 0 Å². The number of hydrogen-bond donors (Lipinski definition) is 1. The second-order valence-electron chi connectivity index (χ2n) is 5.84. The van der Waals surface area contributed by atoms with Crippen molar-refractivity contribution in [3.8, 4) is 0 Å². The molecular formula is C18H24BrN3O2. The molecule has 1 heterocycles. The lowest BCUT2D eigenvalue weighted by atomic mass is 10.1. The van der Waals surface area contributed by atoms with Crippen molar-refractivity contribution in [2.24, 2.45) is 0 Å². The fraction of sp³-hybridized carbons (Fsp3) is 0.444. The Bertz CT molecular complexity index is 583. The summed E-state index contributed by atoms with van der Waals surface area (Å²) in [6, 6.07) is 7.99. The summed E-state index contributed by atoms with van der Waals surface area (Å²) in [4.78, 5) is 28.0. The summed E-state index contributed by atoms with van der Waals surface area (Å²) in [5, 5.41) is 2.77. The van der Waals surface area contributed by atoms with Gasteiger partial charge in [0.05, 0.1) is 6.54 Å². The van der Waals surface area contributed by atoms with Crippen molar-refractivity contribution in [3.63, 3.8) is 0 Å². The van der Waals surface area contributed by atoms with E-state index in [4.69, 9.17) is 0 Å². The van der Waals surface area contributed by atoms with Gasteiger partial charge in [0.15, 0.2) is 0 Å². The summed E-state index contributed by atoms with van der Waals surface area (Å²) in [5.41, 5.74) is 1.16. The number of benzene rings is 1. The molecule has 0 unspecified atom stereocenters. The zero-order valence-corrected chi connectivity index (χ0v) is 15.4. The zero-order valence-electron chi connectivity index (χ0n) is 13.8. The molecule has 6 heteroatoms. The Morgan fingerprint density at radius 1 is 1.21 bits per heavy atom. The lowest BCUT2D eigenvalue weighted by Crippen LogP contribution is -2.51. The van der Waals surface area contributed by atoms with Gasteiger partial charge in [0.1, 0.15) is 0 Å². The minimum atomic E-state index is 0.00334. The molecule has 1 aliphatic heterocycles. The minimum absolute atomic E-state index is 0.00334. The molecule has 1 aromatic rings. The molecule has 1 saturated heterocycles. The second-order valence-corrected chi connectivity index (χ2v) is 6.70. The molecule has 1 aromatic carbocycles. The van der Waals surface area contributed by atoms with Crippen LogP contribution in [0.25, 0.3) is 0 Å². The monoisotopic (exact) mass is 393 g/mol. The second kappa shape index (κ2) is 9.59. The van der Waals surface area contributed by atoms with Crippen molar-refractivity contribution >= 4 is 27.7 Å². The number of hydrogen-bond acceptors (Lipinski definition) is 3. The number of piperazine rings is 1. The lowest BCUT2D eigenvalue weighted by Gasteiger charge is -2.34. The van der Waals surface area contributed by atoms with Crippen molar-refractivity contribution in [2.75, 3.05) is 39.3 Å². The van der Waals surface area contributed by atoms with Crippen LogP contribution in [0.3, 0.4) is 0 Å². The molecule has 5 nitrogen and oxygen atoms in total. The molecule has 2 rings (SSSR count). The van der Waals surface area contributed by atoms with Crippen molar-refractivity contribution in [1.29, 1.82) is 0 Å². The summed E-state index contributed by atoms with van der Waals surface area (Å²) in [5.74, 6) is 0.185. The van der Waals surface area contributed by atoms with Crippen LogP contribution in [0.5, 0.6) is 0 Å². The number of halogens is 1. The van der Waals surface area contributed by atoms with E-state index < -0.39 is 0 Å². The number of amides is 2. The van der Waals surface area contributed by atoms with Gasteiger partial charge in [-0.1, -0.05) is 40.2 Å². The first-order valence-electron chi connectivity index (χ1n) is 8.21. The Hall–Kier alpha value is -1.66. The van der Waals surface area contributed by atoms with Crippen LogP contribution in [0.4, 0.5) is 0 Å². The molecule has 1 fully saturated rings. The molecule has 1 N–H and O–H groups in total. The molecule has 1 aliphatic rings. The standard InChI is InChI=1S/C18H24BrN3O2/c1-2-9-20-17(23)14-21-10-12-22(13-11-21)18(24)8-7-15-5-3-4-6-16(15)19/h2-6H,1,7-14H2,(H,20,23). The van der Waals surface area contributed by atoms with Crippen molar-refractivity contribution in [3.05, 3.63) is 47.0 Å². The maximum Gasteiger partial charge on any atom is 0.234 e. The molecule has 0 saturated carbocycles. The van der Waals surface area contributed by atoms with Gasteiger partial charge in [-0.15, -0.1) is 6.58 Å². The van der Waals surface area contributed by atoms with E-state index in [-0.39, 0.29) is 11.8 Å². The van der Waals surface area contributed by atoms with E-state index in [1.54, 1.807) is 6.08 Å². The van der Waals surface area contributed by atoms with Crippen LogP contribution in [0.15, 0.2) is 41.4 Å². The van der Waals surface area contributed by atoms with Crippen LogP contribution in [0.1, 0.15) is 12.0 Å². The lowest BCUT2D eigenvalue weighted by molar-refractivity contribution is -0.133. The van der Waals surface area contributed by atoms with Gasteiger partial charge < -0.3 is 10.2 Å². The fourth-order valence-corrected chi connectivity index (χ4v) is 3.18. The minimum Gasteiger partial charge on any atom is -0.352 e. The largest absolute Gasteiger partial charge is 0.352 e. The Morgan fingerprint density at radius 2 is 1.92 bits per heavy atom. The van der Waals surface area contributed by atoms with Gasteiger partial charge in [-0.2, -0.15) is 0 Å². The summed E-state index contributed by atoms with van der Waals surface area (Å²) < 4.78 is 1.05. The molecule has 0 aromatic heterocycles.